The number of carbonyl (C=O) groups is 2. The SMILES string of the molecule is CC1=C(C)C(=O)C(CCC(C)(O)CCCC(C)CCCC(C)CCCC(C)I)=C(C)C1=O. The van der Waals surface area contributed by atoms with Crippen LogP contribution in [0.25, 0.3) is 0 Å². The van der Waals surface area contributed by atoms with Crippen molar-refractivity contribution in [1.82, 2.24) is 0 Å². The summed E-state index contributed by atoms with van der Waals surface area (Å²) < 4.78 is 0.786. The van der Waals surface area contributed by atoms with Crippen LogP contribution >= 0.6 is 22.6 Å². The number of ketones is 2. The van der Waals surface area contributed by atoms with E-state index in [1.165, 1.54) is 38.5 Å². The highest BCUT2D eigenvalue weighted by molar-refractivity contribution is 14.1. The molecule has 4 heteroatoms. The zero-order chi connectivity index (χ0) is 24.5. The minimum atomic E-state index is -0.801. The molecule has 184 valence electrons. The summed E-state index contributed by atoms with van der Waals surface area (Å²) in [5.41, 5.74) is 1.46. The van der Waals surface area contributed by atoms with Crippen molar-refractivity contribution < 1.29 is 14.7 Å². The molecule has 0 saturated carbocycles. The molecule has 1 N–H and O–H groups in total. The quantitative estimate of drug-likeness (QED) is 0.126. The summed E-state index contributed by atoms with van der Waals surface area (Å²) in [5, 5.41) is 10.9. The summed E-state index contributed by atoms with van der Waals surface area (Å²) in [6.07, 6.45) is 11.8. The van der Waals surface area contributed by atoms with Crippen molar-refractivity contribution in [3.05, 3.63) is 22.3 Å². The summed E-state index contributed by atoms with van der Waals surface area (Å²) in [6.45, 7) is 14.1. The van der Waals surface area contributed by atoms with Crippen molar-refractivity contribution in [2.45, 2.75) is 129 Å². The predicted octanol–water partition coefficient (Wildman–Crippen LogP) is 7.93. The molecule has 0 bridgehead atoms. The zero-order valence-electron chi connectivity index (χ0n) is 21.7. The zero-order valence-corrected chi connectivity index (χ0v) is 23.8. The number of aliphatic hydroxyl groups is 1. The van der Waals surface area contributed by atoms with E-state index in [0.29, 0.717) is 41.1 Å². The van der Waals surface area contributed by atoms with Gasteiger partial charge in [0.1, 0.15) is 0 Å². The van der Waals surface area contributed by atoms with Gasteiger partial charge in [0.25, 0.3) is 0 Å². The van der Waals surface area contributed by atoms with Crippen molar-refractivity contribution in [2.75, 3.05) is 0 Å². The fraction of sp³-hybridized carbons (Fsp3) is 0.786. The summed E-state index contributed by atoms with van der Waals surface area (Å²) in [6, 6.07) is 0. The van der Waals surface area contributed by atoms with E-state index >= 15 is 0 Å². The second-order valence-electron chi connectivity index (χ2n) is 10.8. The molecule has 0 radical (unpaired) electrons. The number of allylic oxidation sites excluding steroid dienone is 4. The molecule has 4 atom stereocenters. The molecule has 0 aromatic carbocycles. The van der Waals surface area contributed by atoms with Crippen LogP contribution in [-0.2, 0) is 9.59 Å². The van der Waals surface area contributed by atoms with Gasteiger partial charge in [-0.1, -0.05) is 88.3 Å². The molecule has 32 heavy (non-hydrogen) atoms. The Hall–Kier alpha value is -0.490. The topological polar surface area (TPSA) is 54.4 Å². The normalized spacial score (nSPS) is 19.9. The largest absolute Gasteiger partial charge is 0.390 e. The number of hydrogen-bond acceptors (Lipinski definition) is 3. The molecule has 0 amide bonds. The van der Waals surface area contributed by atoms with Crippen molar-refractivity contribution in [3.8, 4) is 0 Å². The third-order valence-corrected chi connectivity index (χ3v) is 7.95. The van der Waals surface area contributed by atoms with Gasteiger partial charge < -0.3 is 5.11 Å². The minimum absolute atomic E-state index is 0.0259. The first kappa shape index (κ1) is 29.5. The van der Waals surface area contributed by atoms with Gasteiger partial charge in [0.2, 0.25) is 0 Å². The van der Waals surface area contributed by atoms with Crippen LogP contribution in [0.15, 0.2) is 22.3 Å². The van der Waals surface area contributed by atoms with Crippen LogP contribution in [0.2, 0.25) is 0 Å². The molecule has 0 heterocycles. The van der Waals surface area contributed by atoms with Crippen LogP contribution < -0.4 is 0 Å². The number of halogens is 1. The highest BCUT2D eigenvalue weighted by Gasteiger charge is 2.29. The van der Waals surface area contributed by atoms with E-state index in [4.69, 9.17) is 0 Å². The molecule has 1 rings (SSSR count). The van der Waals surface area contributed by atoms with E-state index in [9.17, 15) is 14.7 Å². The van der Waals surface area contributed by atoms with Crippen molar-refractivity contribution in [1.29, 1.82) is 0 Å². The van der Waals surface area contributed by atoms with Crippen LogP contribution in [0.5, 0.6) is 0 Å². The third-order valence-electron chi connectivity index (χ3n) is 7.33. The second kappa shape index (κ2) is 14.0. The van der Waals surface area contributed by atoms with E-state index in [1.807, 2.05) is 6.92 Å². The maximum atomic E-state index is 12.6. The Balaban J connectivity index is 2.32. The molecule has 0 saturated heterocycles. The van der Waals surface area contributed by atoms with Gasteiger partial charge in [0.05, 0.1) is 5.60 Å². The summed E-state index contributed by atoms with van der Waals surface area (Å²) in [4.78, 5) is 24.9. The smallest absolute Gasteiger partial charge is 0.185 e. The van der Waals surface area contributed by atoms with E-state index in [1.54, 1.807) is 20.8 Å². The average Bonchev–Trinajstić information content (AvgIpc) is 2.70. The van der Waals surface area contributed by atoms with Gasteiger partial charge in [-0.2, -0.15) is 0 Å². The molecule has 0 aromatic heterocycles. The lowest BCUT2D eigenvalue weighted by molar-refractivity contribution is -0.116. The Morgan fingerprint density at radius 2 is 1.22 bits per heavy atom. The Bertz CT molecular complexity index is 699. The lowest BCUT2D eigenvalue weighted by atomic mass is 9.81. The van der Waals surface area contributed by atoms with Crippen molar-refractivity contribution in [3.63, 3.8) is 0 Å². The van der Waals surface area contributed by atoms with Gasteiger partial charge in [-0.15, -0.1) is 0 Å². The Morgan fingerprint density at radius 3 is 1.75 bits per heavy atom. The van der Waals surface area contributed by atoms with E-state index in [-0.39, 0.29) is 11.6 Å². The van der Waals surface area contributed by atoms with Gasteiger partial charge >= 0.3 is 0 Å². The van der Waals surface area contributed by atoms with Gasteiger partial charge in [0.15, 0.2) is 11.6 Å². The molecule has 0 aromatic rings. The molecule has 3 nitrogen and oxygen atoms in total. The molecular weight excluding hydrogens is 511 g/mol. The van der Waals surface area contributed by atoms with Crippen LogP contribution in [0.3, 0.4) is 0 Å². The highest BCUT2D eigenvalue weighted by atomic mass is 127. The van der Waals surface area contributed by atoms with Gasteiger partial charge in [-0.25, -0.2) is 0 Å². The number of hydrogen-bond donors (Lipinski definition) is 1. The summed E-state index contributed by atoms with van der Waals surface area (Å²) >= 11 is 2.51. The first-order chi connectivity index (χ1) is 14.9. The molecule has 4 unspecified atom stereocenters. The summed E-state index contributed by atoms with van der Waals surface area (Å²) in [7, 11) is 0. The van der Waals surface area contributed by atoms with E-state index in [0.717, 1.165) is 29.1 Å². The van der Waals surface area contributed by atoms with E-state index in [2.05, 4.69) is 43.4 Å². The Kier molecular flexibility index (Phi) is 13.0. The number of Topliss-reactive ketones (excluding diaryl/α,β-unsaturated/α-hetero) is 2. The Labute approximate surface area is 211 Å². The molecule has 0 spiro atoms. The van der Waals surface area contributed by atoms with Crippen molar-refractivity contribution >= 4 is 34.2 Å². The molecular formula is C28H47IO3. The van der Waals surface area contributed by atoms with Crippen LogP contribution in [0.4, 0.5) is 0 Å². The molecule has 1 aliphatic carbocycles. The highest BCUT2D eigenvalue weighted by Crippen LogP contribution is 2.31. The average molecular weight is 559 g/mol. The maximum Gasteiger partial charge on any atom is 0.185 e. The number of rotatable bonds is 15. The Morgan fingerprint density at radius 1 is 0.750 bits per heavy atom. The van der Waals surface area contributed by atoms with Crippen LogP contribution in [0, 0.1) is 11.8 Å². The molecule has 0 aliphatic heterocycles. The number of alkyl halides is 1. The van der Waals surface area contributed by atoms with Crippen LogP contribution in [-0.4, -0.2) is 26.2 Å². The number of carbonyl (C=O) groups excluding carboxylic acids is 2. The first-order valence-corrected chi connectivity index (χ1v) is 13.9. The lowest BCUT2D eigenvalue weighted by Crippen LogP contribution is -2.27. The molecule has 1 aliphatic rings. The van der Waals surface area contributed by atoms with Gasteiger partial charge in [-0.05, 0) is 65.2 Å². The van der Waals surface area contributed by atoms with Gasteiger partial charge in [0, 0.05) is 26.2 Å². The second-order valence-corrected chi connectivity index (χ2v) is 12.9. The maximum absolute atomic E-state index is 12.6. The fourth-order valence-corrected chi connectivity index (χ4v) is 5.10. The minimum Gasteiger partial charge on any atom is -0.390 e. The predicted molar refractivity (Wildman–Crippen MR) is 144 cm³/mol. The van der Waals surface area contributed by atoms with Crippen molar-refractivity contribution in [2.24, 2.45) is 11.8 Å². The third kappa shape index (κ3) is 10.2. The monoisotopic (exact) mass is 558 g/mol. The summed E-state index contributed by atoms with van der Waals surface area (Å²) in [5.74, 6) is 1.46. The first-order valence-electron chi connectivity index (χ1n) is 12.7. The molecule has 0 fully saturated rings. The standard InChI is InChI=1S/C28H47IO3/c1-19(13-9-15-21(3)29)11-8-12-20(2)14-10-17-28(7,32)18-16-25-24(6)26(30)22(4)23(5)27(25)31/h19-21,32H,8-18H2,1-7H3. The van der Waals surface area contributed by atoms with Gasteiger partial charge in [-0.3, -0.25) is 9.59 Å². The fourth-order valence-electron chi connectivity index (χ4n) is 4.66. The lowest BCUT2D eigenvalue weighted by Gasteiger charge is -2.26. The van der Waals surface area contributed by atoms with E-state index < -0.39 is 5.60 Å². The van der Waals surface area contributed by atoms with Crippen LogP contribution in [0.1, 0.15) is 119 Å².